The van der Waals surface area contributed by atoms with Gasteiger partial charge in [0, 0.05) is 29.7 Å². The van der Waals surface area contributed by atoms with Gasteiger partial charge in [-0.25, -0.2) is 4.98 Å². The molecule has 0 spiro atoms. The van der Waals surface area contributed by atoms with Gasteiger partial charge in [0.2, 0.25) is 0 Å². The summed E-state index contributed by atoms with van der Waals surface area (Å²) >= 11 is 0. The number of hydrogen-bond acceptors (Lipinski definition) is 2. The Kier molecular flexibility index (Phi) is 7.08. The lowest BCUT2D eigenvalue weighted by atomic mass is 9.71. The van der Waals surface area contributed by atoms with Crippen LogP contribution in [-0.4, -0.2) is 17.6 Å². The molecule has 189 valence electrons. The molecule has 1 aromatic heterocycles. The molecule has 5 aromatic rings. The van der Waals surface area contributed by atoms with Gasteiger partial charge in [0.15, 0.2) is 0 Å². The number of nitrogens with zero attached hydrogens (tertiary/aromatic N) is 2. The van der Waals surface area contributed by atoms with Gasteiger partial charge in [-0.15, -0.1) is 0 Å². The zero-order chi connectivity index (χ0) is 25.7. The summed E-state index contributed by atoms with van der Waals surface area (Å²) in [7, 11) is 0. The number of aromatic nitrogens is 1. The van der Waals surface area contributed by atoms with Gasteiger partial charge in [0.25, 0.3) is 5.88 Å². The molecule has 0 aliphatic carbocycles. The second-order valence-electron chi connectivity index (χ2n) is 10.5. The highest BCUT2D eigenvalue weighted by molar-refractivity contribution is 5.92. The first kappa shape index (κ1) is 24.2. The van der Waals surface area contributed by atoms with Crippen molar-refractivity contribution in [3.8, 4) is 5.88 Å². The predicted molar refractivity (Wildman–Crippen MR) is 155 cm³/mol. The average molecular weight is 498 g/mol. The fourth-order valence-corrected chi connectivity index (χ4v) is 6.38. The quantitative estimate of drug-likeness (QED) is 0.229. The summed E-state index contributed by atoms with van der Waals surface area (Å²) in [4.78, 5) is 6.94. The Labute approximate surface area is 225 Å². The molecule has 1 radical (unpaired) electrons. The van der Waals surface area contributed by atoms with Crippen molar-refractivity contribution in [2.75, 3.05) is 11.4 Å². The third-order valence-electron chi connectivity index (χ3n) is 8.18. The van der Waals surface area contributed by atoms with E-state index >= 15 is 0 Å². The Morgan fingerprint density at radius 1 is 0.632 bits per heavy atom. The first-order chi connectivity index (χ1) is 18.7. The minimum Gasteiger partial charge on any atom is -0.367 e. The van der Waals surface area contributed by atoms with E-state index in [0.29, 0.717) is 17.9 Å². The van der Waals surface area contributed by atoms with Gasteiger partial charge in [-0.2, -0.15) is 0 Å². The van der Waals surface area contributed by atoms with Crippen LogP contribution >= 0.6 is 0 Å². The molecule has 0 saturated carbocycles. The third kappa shape index (κ3) is 5.28. The fraction of sp³-hybridized carbons (Fsp3) is 0.229. The van der Waals surface area contributed by atoms with Gasteiger partial charge in [0.05, 0.1) is 5.52 Å². The van der Waals surface area contributed by atoms with Gasteiger partial charge in [-0.05, 0) is 72.4 Å². The molecule has 1 aliphatic heterocycles. The number of rotatable bonds is 7. The molecular formula is C35H33N2O. The van der Waals surface area contributed by atoms with Crippen molar-refractivity contribution < 1.29 is 5.11 Å². The second-order valence-corrected chi connectivity index (χ2v) is 10.5. The lowest BCUT2D eigenvalue weighted by Gasteiger charge is -2.48. The van der Waals surface area contributed by atoms with E-state index in [1.807, 2.05) is 18.2 Å². The van der Waals surface area contributed by atoms with Crippen LogP contribution in [0.4, 0.5) is 5.69 Å². The molecule has 1 saturated heterocycles. The summed E-state index contributed by atoms with van der Waals surface area (Å²) in [6.07, 6.45) is 4.24. The molecule has 1 fully saturated rings. The van der Waals surface area contributed by atoms with Gasteiger partial charge >= 0.3 is 0 Å². The Balaban J connectivity index is 1.44. The number of piperidine rings is 1. The highest BCUT2D eigenvalue weighted by atomic mass is 16.3. The molecule has 3 atom stereocenters. The van der Waals surface area contributed by atoms with E-state index in [2.05, 4.69) is 107 Å². The van der Waals surface area contributed by atoms with Crippen LogP contribution in [0.1, 0.15) is 23.1 Å². The predicted octanol–water partition coefficient (Wildman–Crippen LogP) is 7.92. The SMILES string of the molecule is [O]c1ccc2c(N3CCC(Cc4ccccc4)C(Cc4ccccc4)C3Cc3ccccc3)cccc2n1. The van der Waals surface area contributed by atoms with Crippen molar-refractivity contribution in [1.82, 2.24) is 4.98 Å². The van der Waals surface area contributed by atoms with E-state index < -0.39 is 0 Å². The first-order valence-corrected chi connectivity index (χ1v) is 13.7. The van der Waals surface area contributed by atoms with Crippen molar-refractivity contribution >= 4 is 16.6 Å². The minimum atomic E-state index is -0.181. The smallest absolute Gasteiger partial charge is 0.270 e. The highest BCUT2D eigenvalue weighted by Gasteiger charge is 2.38. The Morgan fingerprint density at radius 3 is 1.89 bits per heavy atom. The van der Waals surface area contributed by atoms with Crippen LogP contribution in [0.25, 0.3) is 10.9 Å². The van der Waals surface area contributed by atoms with E-state index in [9.17, 15) is 5.11 Å². The van der Waals surface area contributed by atoms with E-state index in [1.165, 1.54) is 22.4 Å². The zero-order valence-corrected chi connectivity index (χ0v) is 21.6. The van der Waals surface area contributed by atoms with Crippen LogP contribution in [0.3, 0.4) is 0 Å². The highest BCUT2D eigenvalue weighted by Crippen LogP contribution is 2.40. The lowest BCUT2D eigenvalue weighted by molar-refractivity contribution is 0.213. The normalized spacial score (nSPS) is 19.5. The summed E-state index contributed by atoms with van der Waals surface area (Å²) in [5.74, 6) is 0.858. The standard InChI is InChI=1S/C35H33N2O/c38-35-20-19-30-32(36-35)17-10-18-33(30)37-22-21-29(23-26-11-4-1-5-12-26)31(24-27-13-6-2-7-14-27)34(37)25-28-15-8-3-9-16-28/h1-20,29,31,34H,21-25H2. The molecule has 0 N–H and O–H groups in total. The number of fused-ring (bicyclic) bond motifs is 1. The second kappa shape index (κ2) is 11.1. The van der Waals surface area contributed by atoms with Gasteiger partial charge in [-0.1, -0.05) is 97.1 Å². The molecule has 6 rings (SSSR count). The van der Waals surface area contributed by atoms with Crippen LogP contribution in [0.2, 0.25) is 0 Å². The maximum Gasteiger partial charge on any atom is 0.270 e. The number of pyridine rings is 1. The maximum atomic E-state index is 12.0. The van der Waals surface area contributed by atoms with Crippen LogP contribution in [0.15, 0.2) is 121 Å². The largest absolute Gasteiger partial charge is 0.367 e. The third-order valence-corrected chi connectivity index (χ3v) is 8.18. The number of benzene rings is 4. The summed E-state index contributed by atoms with van der Waals surface area (Å²) in [5.41, 5.74) is 6.14. The molecule has 1 aliphatic rings. The average Bonchev–Trinajstić information content (AvgIpc) is 2.96. The molecule has 0 amide bonds. The molecular weight excluding hydrogens is 464 g/mol. The van der Waals surface area contributed by atoms with Crippen LogP contribution in [0.5, 0.6) is 5.88 Å². The molecule has 2 heterocycles. The Hall–Kier alpha value is -4.11. The zero-order valence-electron chi connectivity index (χ0n) is 21.6. The van der Waals surface area contributed by atoms with Crippen molar-refractivity contribution in [1.29, 1.82) is 0 Å². The van der Waals surface area contributed by atoms with Gasteiger partial charge < -0.3 is 4.90 Å². The Morgan fingerprint density at radius 2 is 1.24 bits per heavy atom. The van der Waals surface area contributed by atoms with Crippen LogP contribution < -0.4 is 4.90 Å². The summed E-state index contributed by atoms with van der Waals surface area (Å²) in [5, 5.41) is 13.1. The topological polar surface area (TPSA) is 36.0 Å². The Bertz CT molecular complexity index is 1470. The van der Waals surface area contributed by atoms with Crippen molar-refractivity contribution in [3.63, 3.8) is 0 Å². The molecule has 3 nitrogen and oxygen atoms in total. The number of hydrogen-bond donors (Lipinski definition) is 0. The molecule has 4 aromatic carbocycles. The van der Waals surface area contributed by atoms with E-state index in [1.54, 1.807) is 6.07 Å². The van der Waals surface area contributed by atoms with Crippen molar-refractivity contribution in [2.45, 2.75) is 31.7 Å². The molecule has 38 heavy (non-hydrogen) atoms. The summed E-state index contributed by atoms with van der Waals surface area (Å²) in [6.45, 7) is 0.985. The van der Waals surface area contributed by atoms with Crippen LogP contribution in [0, 0.1) is 11.8 Å². The molecule has 3 heteroatoms. The van der Waals surface area contributed by atoms with Crippen LogP contribution in [-0.2, 0) is 24.4 Å². The minimum absolute atomic E-state index is 0.181. The fourth-order valence-electron chi connectivity index (χ4n) is 6.38. The first-order valence-electron chi connectivity index (χ1n) is 13.7. The summed E-state index contributed by atoms with van der Waals surface area (Å²) in [6, 6.07) is 42.9. The maximum absolute atomic E-state index is 12.0. The van der Waals surface area contributed by atoms with Gasteiger partial charge in [0.1, 0.15) is 0 Å². The lowest BCUT2D eigenvalue weighted by Crippen LogP contribution is -2.51. The monoisotopic (exact) mass is 497 g/mol. The van der Waals surface area contributed by atoms with E-state index in [-0.39, 0.29) is 5.88 Å². The van der Waals surface area contributed by atoms with Crippen molar-refractivity contribution in [2.24, 2.45) is 11.8 Å². The molecule has 3 unspecified atom stereocenters. The van der Waals surface area contributed by atoms with E-state index in [0.717, 1.165) is 43.1 Å². The summed E-state index contributed by atoms with van der Waals surface area (Å²) < 4.78 is 0. The van der Waals surface area contributed by atoms with Gasteiger partial charge in [-0.3, -0.25) is 5.11 Å². The number of anilines is 1. The van der Waals surface area contributed by atoms with E-state index in [4.69, 9.17) is 0 Å². The van der Waals surface area contributed by atoms with Crippen molar-refractivity contribution in [3.05, 3.63) is 138 Å². The molecule has 0 bridgehead atoms.